The van der Waals surface area contributed by atoms with E-state index in [4.69, 9.17) is 10.00 Å². The summed E-state index contributed by atoms with van der Waals surface area (Å²) < 4.78 is 5.11. The molecule has 0 unspecified atom stereocenters. The van der Waals surface area contributed by atoms with E-state index in [2.05, 4.69) is 0 Å². The number of esters is 1. The molecule has 0 fully saturated rings. The van der Waals surface area contributed by atoms with Gasteiger partial charge in [-0.15, -0.1) is 11.3 Å². The number of ether oxygens (including phenoxy) is 1. The van der Waals surface area contributed by atoms with Crippen LogP contribution in [0.1, 0.15) is 16.0 Å². The second-order valence-corrected chi connectivity index (χ2v) is 5.71. The van der Waals surface area contributed by atoms with Crippen LogP contribution in [0.4, 0.5) is 0 Å². The van der Waals surface area contributed by atoms with Gasteiger partial charge in [0.25, 0.3) is 0 Å². The second kappa shape index (κ2) is 7.43. The molecule has 22 heavy (non-hydrogen) atoms. The van der Waals surface area contributed by atoms with Crippen molar-refractivity contribution in [3.8, 4) is 11.8 Å². The monoisotopic (exact) mass is 313 g/mol. The van der Waals surface area contributed by atoms with Crippen LogP contribution in [0.5, 0.6) is 5.75 Å². The van der Waals surface area contributed by atoms with E-state index >= 15 is 0 Å². The van der Waals surface area contributed by atoms with Gasteiger partial charge in [0.15, 0.2) is 0 Å². The summed E-state index contributed by atoms with van der Waals surface area (Å²) in [5.74, 6) is -0.531. The van der Waals surface area contributed by atoms with Gasteiger partial charge >= 0.3 is 5.97 Å². The first-order chi connectivity index (χ1) is 10.6. The van der Waals surface area contributed by atoms with Crippen LogP contribution in [-0.2, 0) is 16.0 Å². The molecule has 0 amide bonds. The van der Waals surface area contributed by atoms with Crippen LogP contribution in [0.3, 0.4) is 0 Å². The number of rotatable bonds is 5. The van der Waals surface area contributed by atoms with E-state index in [1.54, 1.807) is 30.4 Å². The van der Waals surface area contributed by atoms with Crippen molar-refractivity contribution in [2.24, 2.45) is 0 Å². The van der Waals surface area contributed by atoms with Gasteiger partial charge < -0.3 is 9.84 Å². The first-order valence-electron chi connectivity index (χ1n) is 6.71. The molecule has 0 aliphatic rings. The fourth-order valence-electron chi connectivity index (χ4n) is 1.80. The molecular formula is C17H15NO3S. The van der Waals surface area contributed by atoms with Crippen LogP contribution < -0.4 is 0 Å². The number of nitriles is 1. The maximum absolute atomic E-state index is 11.9. The summed E-state index contributed by atoms with van der Waals surface area (Å²) in [6.07, 6.45) is 2.04. The number of carbonyl (C=O) groups excluding carboxylic acids is 1. The van der Waals surface area contributed by atoms with Crippen molar-refractivity contribution in [3.63, 3.8) is 0 Å². The lowest BCUT2D eigenvalue weighted by Crippen LogP contribution is -2.09. The summed E-state index contributed by atoms with van der Waals surface area (Å²) in [7, 11) is 0. The molecule has 1 N–H and O–H groups in total. The number of hydrogen-bond acceptors (Lipinski definition) is 5. The predicted octanol–water partition coefficient (Wildman–Crippen LogP) is 3.46. The molecule has 2 rings (SSSR count). The number of phenolic OH excluding ortho intramolecular Hbond substituents is 1. The SMILES string of the molecule is Cc1ccc(/C=C(\C#N)C(=O)OCCc2cccs2)cc1O. The van der Waals surface area contributed by atoms with Gasteiger partial charge in [-0.2, -0.15) is 5.26 Å². The van der Waals surface area contributed by atoms with Gasteiger partial charge in [-0.05, 0) is 41.6 Å². The number of aromatic hydroxyl groups is 1. The quantitative estimate of drug-likeness (QED) is 0.521. The van der Waals surface area contributed by atoms with E-state index in [0.717, 1.165) is 10.4 Å². The number of aryl methyl sites for hydroxylation is 1. The van der Waals surface area contributed by atoms with Crippen molar-refractivity contribution >= 4 is 23.4 Å². The van der Waals surface area contributed by atoms with Gasteiger partial charge in [0.2, 0.25) is 0 Å². The van der Waals surface area contributed by atoms with Crippen molar-refractivity contribution in [1.82, 2.24) is 0 Å². The van der Waals surface area contributed by atoms with E-state index in [1.807, 2.05) is 23.6 Å². The standard InChI is InChI=1S/C17H15NO3S/c1-12-4-5-13(10-16(12)19)9-14(11-18)17(20)21-7-6-15-3-2-8-22-15/h2-5,8-10,19H,6-7H2,1H3/b14-9+. The van der Waals surface area contributed by atoms with Crippen LogP contribution in [-0.4, -0.2) is 17.7 Å². The fourth-order valence-corrected chi connectivity index (χ4v) is 2.49. The Kier molecular flexibility index (Phi) is 5.34. The Hall–Kier alpha value is -2.58. The van der Waals surface area contributed by atoms with E-state index in [9.17, 15) is 9.90 Å². The minimum absolute atomic E-state index is 0.0885. The Bertz CT molecular complexity index is 727. The van der Waals surface area contributed by atoms with Gasteiger partial charge in [-0.3, -0.25) is 0 Å². The summed E-state index contributed by atoms with van der Waals surface area (Å²) in [6, 6.07) is 10.7. The number of phenols is 1. The maximum Gasteiger partial charge on any atom is 0.348 e. The zero-order chi connectivity index (χ0) is 15.9. The van der Waals surface area contributed by atoms with Crippen LogP contribution in [0, 0.1) is 18.3 Å². The predicted molar refractivity (Wildman–Crippen MR) is 85.4 cm³/mol. The lowest BCUT2D eigenvalue weighted by molar-refractivity contribution is -0.138. The third kappa shape index (κ3) is 4.21. The molecule has 0 spiro atoms. The molecule has 1 aromatic carbocycles. The maximum atomic E-state index is 11.9. The highest BCUT2D eigenvalue weighted by Crippen LogP contribution is 2.19. The number of hydrogen-bond donors (Lipinski definition) is 1. The molecule has 112 valence electrons. The smallest absolute Gasteiger partial charge is 0.348 e. The summed E-state index contributed by atoms with van der Waals surface area (Å²) >= 11 is 1.60. The Morgan fingerprint density at radius 2 is 2.27 bits per heavy atom. The minimum atomic E-state index is -0.654. The van der Waals surface area contributed by atoms with E-state index in [1.165, 1.54) is 12.1 Å². The molecular weight excluding hydrogens is 298 g/mol. The highest BCUT2D eigenvalue weighted by molar-refractivity contribution is 7.09. The Labute approximate surface area is 132 Å². The highest BCUT2D eigenvalue weighted by atomic mass is 32.1. The lowest BCUT2D eigenvalue weighted by Gasteiger charge is -2.04. The van der Waals surface area contributed by atoms with Gasteiger partial charge in [0.1, 0.15) is 17.4 Å². The van der Waals surface area contributed by atoms with Crippen LogP contribution in [0.15, 0.2) is 41.3 Å². The van der Waals surface area contributed by atoms with Crippen LogP contribution >= 0.6 is 11.3 Å². The molecule has 0 saturated carbocycles. The van der Waals surface area contributed by atoms with Gasteiger partial charge in [-0.25, -0.2) is 4.79 Å². The zero-order valence-corrected chi connectivity index (χ0v) is 12.9. The number of thiophene rings is 1. The molecule has 0 aliphatic carbocycles. The van der Waals surface area contributed by atoms with Crippen LogP contribution in [0.2, 0.25) is 0 Å². The molecule has 0 atom stereocenters. The third-order valence-electron chi connectivity index (χ3n) is 3.05. The Morgan fingerprint density at radius 3 is 2.91 bits per heavy atom. The fraction of sp³-hybridized carbons (Fsp3) is 0.176. The summed E-state index contributed by atoms with van der Waals surface area (Å²) in [5.41, 5.74) is 1.22. The number of nitrogens with zero attached hydrogens (tertiary/aromatic N) is 1. The molecule has 5 heteroatoms. The Morgan fingerprint density at radius 1 is 1.45 bits per heavy atom. The topological polar surface area (TPSA) is 70.3 Å². The largest absolute Gasteiger partial charge is 0.508 e. The average Bonchev–Trinajstić information content (AvgIpc) is 3.01. The summed E-state index contributed by atoms with van der Waals surface area (Å²) in [5, 5.41) is 20.7. The molecule has 0 bridgehead atoms. The molecule has 0 radical (unpaired) electrons. The summed E-state index contributed by atoms with van der Waals surface area (Å²) in [6.45, 7) is 2.00. The molecule has 1 heterocycles. The number of benzene rings is 1. The van der Waals surface area contributed by atoms with Crippen molar-refractivity contribution < 1.29 is 14.6 Å². The molecule has 4 nitrogen and oxygen atoms in total. The first kappa shape index (κ1) is 15.8. The van der Waals surface area contributed by atoms with E-state index in [0.29, 0.717) is 12.0 Å². The first-order valence-corrected chi connectivity index (χ1v) is 7.59. The van der Waals surface area contributed by atoms with Crippen molar-refractivity contribution in [2.75, 3.05) is 6.61 Å². The molecule has 1 aromatic heterocycles. The van der Waals surface area contributed by atoms with E-state index < -0.39 is 5.97 Å². The molecule has 2 aromatic rings. The minimum Gasteiger partial charge on any atom is -0.508 e. The van der Waals surface area contributed by atoms with Gasteiger partial charge in [-0.1, -0.05) is 18.2 Å². The van der Waals surface area contributed by atoms with Gasteiger partial charge in [0.05, 0.1) is 6.61 Å². The molecule has 0 aliphatic heterocycles. The highest BCUT2D eigenvalue weighted by Gasteiger charge is 2.11. The van der Waals surface area contributed by atoms with E-state index in [-0.39, 0.29) is 17.9 Å². The summed E-state index contributed by atoms with van der Waals surface area (Å²) in [4.78, 5) is 13.0. The zero-order valence-electron chi connectivity index (χ0n) is 12.1. The van der Waals surface area contributed by atoms with Crippen molar-refractivity contribution in [2.45, 2.75) is 13.3 Å². The van der Waals surface area contributed by atoms with Gasteiger partial charge in [0, 0.05) is 11.3 Å². The average molecular weight is 313 g/mol. The van der Waals surface area contributed by atoms with Crippen LogP contribution in [0.25, 0.3) is 6.08 Å². The van der Waals surface area contributed by atoms with Crippen molar-refractivity contribution in [1.29, 1.82) is 5.26 Å². The second-order valence-electron chi connectivity index (χ2n) is 4.68. The number of carbonyl (C=O) groups is 1. The lowest BCUT2D eigenvalue weighted by atomic mass is 10.1. The Balaban J connectivity index is 2.00. The molecule has 0 saturated heterocycles. The third-order valence-corrected chi connectivity index (χ3v) is 3.98. The normalized spacial score (nSPS) is 11.0. The van der Waals surface area contributed by atoms with Crippen molar-refractivity contribution in [3.05, 3.63) is 57.3 Å².